The maximum Gasteiger partial charge on any atom is 0.271 e. The minimum atomic E-state index is -0.527. The first kappa shape index (κ1) is 18.1. The van der Waals surface area contributed by atoms with Crippen molar-refractivity contribution < 1.29 is 18.9 Å². The quantitative estimate of drug-likeness (QED) is 0.450. The van der Waals surface area contributed by atoms with Crippen molar-refractivity contribution in [2.24, 2.45) is 5.10 Å². The van der Waals surface area contributed by atoms with E-state index in [4.69, 9.17) is 9.15 Å². The van der Waals surface area contributed by atoms with Gasteiger partial charge in [-0.05, 0) is 28.1 Å². The molecule has 1 N–H and O–H groups in total. The van der Waals surface area contributed by atoms with Crippen LogP contribution in [0.4, 0.5) is 11.6 Å². The number of nitrogens with zero attached hydrogens (tertiary/aromatic N) is 3. The van der Waals surface area contributed by atoms with Crippen LogP contribution in [0.5, 0.6) is 0 Å². The molecule has 1 aliphatic rings. The number of halogens is 1. The summed E-state index contributed by atoms with van der Waals surface area (Å²) in [6.07, 6.45) is 1.39. The average molecular weight is 423 g/mol. The molecule has 9 nitrogen and oxygen atoms in total. The fraction of sp³-hybridized carbons (Fsp3) is 0.250. The number of rotatable bonds is 5. The maximum absolute atomic E-state index is 12.0. The number of nitro benzene ring substituents is 1. The van der Waals surface area contributed by atoms with E-state index in [0.29, 0.717) is 24.9 Å². The van der Waals surface area contributed by atoms with Crippen molar-refractivity contribution >= 4 is 39.6 Å². The van der Waals surface area contributed by atoms with Gasteiger partial charge in [0, 0.05) is 36.9 Å². The number of carbonyl (C=O) groups excluding carboxylic acids is 1. The normalized spacial score (nSPS) is 14.6. The van der Waals surface area contributed by atoms with Gasteiger partial charge in [0.1, 0.15) is 0 Å². The first-order chi connectivity index (χ1) is 12.5. The second-order valence-electron chi connectivity index (χ2n) is 5.40. The fourth-order valence-electron chi connectivity index (χ4n) is 2.38. The Morgan fingerprint density at radius 2 is 2.00 bits per heavy atom. The van der Waals surface area contributed by atoms with Crippen LogP contribution in [-0.4, -0.2) is 43.3 Å². The molecule has 0 spiro atoms. The van der Waals surface area contributed by atoms with E-state index in [1.807, 2.05) is 0 Å². The number of nitro groups is 1. The number of amides is 1. The Balaban J connectivity index is 1.61. The Morgan fingerprint density at radius 3 is 2.65 bits per heavy atom. The molecule has 0 bridgehead atoms. The van der Waals surface area contributed by atoms with E-state index in [9.17, 15) is 14.9 Å². The summed E-state index contributed by atoms with van der Waals surface area (Å²) in [6.45, 7) is 2.75. The van der Waals surface area contributed by atoms with Crippen LogP contribution in [0.2, 0.25) is 0 Å². The first-order valence-electron chi connectivity index (χ1n) is 7.74. The highest BCUT2D eigenvalue weighted by molar-refractivity contribution is 9.10. The van der Waals surface area contributed by atoms with Gasteiger partial charge in [0.2, 0.25) is 5.88 Å². The number of benzene rings is 1. The molecule has 0 saturated carbocycles. The van der Waals surface area contributed by atoms with Gasteiger partial charge in [-0.3, -0.25) is 14.9 Å². The zero-order chi connectivity index (χ0) is 18.5. The van der Waals surface area contributed by atoms with E-state index in [-0.39, 0.29) is 11.3 Å². The summed E-state index contributed by atoms with van der Waals surface area (Å²) in [7, 11) is 0. The molecular weight excluding hydrogens is 408 g/mol. The van der Waals surface area contributed by atoms with E-state index < -0.39 is 10.8 Å². The molecule has 136 valence electrons. The highest BCUT2D eigenvalue weighted by atomic mass is 79.9. The Bertz CT molecular complexity index is 828. The highest BCUT2D eigenvalue weighted by Gasteiger charge is 2.18. The number of hydrogen-bond acceptors (Lipinski definition) is 7. The average Bonchev–Trinajstić information content (AvgIpc) is 3.03. The van der Waals surface area contributed by atoms with Gasteiger partial charge < -0.3 is 14.1 Å². The molecule has 2 aromatic rings. The summed E-state index contributed by atoms with van der Waals surface area (Å²) >= 11 is 3.45. The van der Waals surface area contributed by atoms with Crippen molar-refractivity contribution in [1.82, 2.24) is 5.43 Å². The molecule has 0 unspecified atom stereocenters. The van der Waals surface area contributed by atoms with E-state index in [1.54, 1.807) is 6.07 Å². The minimum Gasteiger partial charge on any atom is -0.438 e. The lowest BCUT2D eigenvalue weighted by Crippen LogP contribution is -2.36. The zero-order valence-corrected chi connectivity index (χ0v) is 15.1. The molecule has 1 aromatic carbocycles. The molecule has 1 aromatic heterocycles. The summed E-state index contributed by atoms with van der Waals surface area (Å²) in [5, 5.41) is 14.5. The third kappa shape index (κ3) is 4.27. The minimum absolute atomic E-state index is 0.0823. The molecule has 10 heteroatoms. The van der Waals surface area contributed by atoms with Gasteiger partial charge in [-0.25, -0.2) is 5.43 Å². The second-order valence-corrected chi connectivity index (χ2v) is 6.26. The lowest BCUT2D eigenvalue weighted by Gasteiger charge is -2.26. The van der Waals surface area contributed by atoms with Gasteiger partial charge in [-0.1, -0.05) is 0 Å². The molecule has 2 heterocycles. The van der Waals surface area contributed by atoms with Crippen molar-refractivity contribution in [1.29, 1.82) is 0 Å². The predicted molar refractivity (Wildman–Crippen MR) is 97.6 cm³/mol. The third-order valence-electron chi connectivity index (χ3n) is 3.68. The summed E-state index contributed by atoms with van der Waals surface area (Å²) in [4.78, 5) is 24.1. The highest BCUT2D eigenvalue weighted by Crippen LogP contribution is 2.30. The first-order valence-corrected chi connectivity index (χ1v) is 8.54. The van der Waals surface area contributed by atoms with Crippen LogP contribution < -0.4 is 10.3 Å². The van der Waals surface area contributed by atoms with Crippen LogP contribution >= 0.6 is 15.9 Å². The summed E-state index contributed by atoms with van der Waals surface area (Å²) in [5.74, 6) is 0.689. The summed E-state index contributed by atoms with van der Waals surface area (Å²) < 4.78 is 11.8. The molecule has 0 radical (unpaired) electrons. The van der Waals surface area contributed by atoms with E-state index in [0.717, 1.165) is 17.6 Å². The van der Waals surface area contributed by atoms with Gasteiger partial charge in [-0.15, -0.1) is 0 Å². The summed E-state index contributed by atoms with van der Waals surface area (Å²) in [6, 6.07) is 7.01. The molecule has 1 amide bonds. The standard InChI is InChI=1S/C16H15BrN4O5/c17-14-9-13(26-16(14)20-5-7-25-8-6-20)10-18-19-15(22)11-1-3-12(4-2-11)21(23)24/h1-4,9-10H,5-8H2,(H,19,22)/b18-10-. The number of hydrogen-bond donors (Lipinski definition) is 1. The molecular formula is C16H15BrN4O5. The molecule has 1 aliphatic heterocycles. The van der Waals surface area contributed by atoms with Crippen LogP contribution in [0, 0.1) is 10.1 Å². The van der Waals surface area contributed by atoms with Crippen LogP contribution in [0.15, 0.2) is 44.3 Å². The maximum atomic E-state index is 12.0. The van der Waals surface area contributed by atoms with Gasteiger partial charge in [0.05, 0.1) is 28.8 Å². The molecule has 0 atom stereocenters. The number of furan rings is 1. The van der Waals surface area contributed by atoms with Crippen molar-refractivity contribution in [3.8, 4) is 0 Å². The predicted octanol–water partition coefficient (Wildman–Crippen LogP) is 2.55. The number of hydrazone groups is 1. The van der Waals surface area contributed by atoms with Crippen molar-refractivity contribution in [3.63, 3.8) is 0 Å². The van der Waals surface area contributed by atoms with Crippen LogP contribution in [0.1, 0.15) is 16.1 Å². The number of morpholine rings is 1. The Hall–Kier alpha value is -2.72. The number of carbonyl (C=O) groups is 1. The van der Waals surface area contributed by atoms with Gasteiger partial charge >= 0.3 is 0 Å². The molecule has 26 heavy (non-hydrogen) atoms. The second kappa shape index (κ2) is 8.11. The smallest absolute Gasteiger partial charge is 0.271 e. The fourth-order valence-corrected chi connectivity index (χ4v) is 2.93. The van der Waals surface area contributed by atoms with Crippen LogP contribution in [0.25, 0.3) is 0 Å². The topological polar surface area (TPSA) is 110 Å². The van der Waals surface area contributed by atoms with E-state index in [2.05, 4.69) is 31.4 Å². The van der Waals surface area contributed by atoms with Crippen molar-refractivity contribution in [2.75, 3.05) is 31.2 Å². The largest absolute Gasteiger partial charge is 0.438 e. The molecule has 0 aliphatic carbocycles. The molecule has 1 fully saturated rings. The number of non-ortho nitro benzene ring substituents is 1. The van der Waals surface area contributed by atoms with Crippen LogP contribution in [0.3, 0.4) is 0 Å². The zero-order valence-electron chi connectivity index (χ0n) is 13.6. The van der Waals surface area contributed by atoms with Crippen LogP contribution in [-0.2, 0) is 4.74 Å². The van der Waals surface area contributed by atoms with E-state index in [1.165, 1.54) is 30.5 Å². The Labute approximate surface area is 156 Å². The van der Waals surface area contributed by atoms with Gasteiger partial charge in [0.25, 0.3) is 11.6 Å². The lowest BCUT2D eigenvalue weighted by atomic mass is 10.2. The monoisotopic (exact) mass is 422 g/mol. The number of nitrogens with one attached hydrogen (secondary N) is 1. The summed E-state index contributed by atoms with van der Waals surface area (Å²) in [5.41, 5.74) is 2.54. The molecule has 1 saturated heterocycles. The third-order valence-corrected chi connectivity index (χ3v) is 4.25. The van der Waals surface area contributed by atoms with Crippen molar-refractivity contribution in [2.45, 2.75) is 0 Å². The Kier molecular flexibility index (Phi) is 5.64. The molecule has 3 rings (SSSR count). The lowest BCUT2D eigenvalue weighted by molar-refractivity contribution is -0.384. The van der Waals surface area contributed by atoms with Gasteiger partial charge in [0.15, 0.2) is 5.76 Å². The van der Waals surface area contributed by atoms with E-state index >= 15 is 0 Å². The SMILES string of the molecule is O=C(N/N=C\c1cc(Br)c(N2CCOCC2)o1)c1ccc([N+](=O)[O-])cc1. The van der Waals surface area contributed by atoms with Gasteiger partial charge in [-0.2, -0.15) is 5.10 Å². The number of anilines is 1. The van der Waals surface area contributed by atoms with Crippen molar-refractivity contribution in [3.05, 3.63) is 56.2 Å². The number of ether oxygens (including phenoxy) is 1. The Morgan fingerprint density at radius 1 is 1.31 bits per heavy atom.